The van der Waals surface area contributed by atoms with E-state index in [9.17, 15) is 14.0 Å². The minimum atomic E-state index is -0.678. The minimum absolute atomic E-state index is 0.0151. The summed E-state index contributed by atoms with van der Waals surface area (Å²) < 4.78 is 20.1. The highest BCUT2D eigenvalue weighted by Gasteiger charge is 2.21. The summed E-state index contributed by atoms with van der Waals surface area (Å²) in [6.07, 6.45) is 2.42. The Balaban J connectivity index is 0.000000671. The van der Waals surface area contributed by atoms with Crippen molar-refractivity contribution in [2.45, 2.75) is 66.0 Å². The molecule has 0 aliphatic carbocycles. The first kappa shape index (κ1) is 36.6. The van der Waals surface area contributed by atoms with Gasteiger partial charge in [-0.1, -0.05) is 74.4 Å². The molecule has 1 unspecified atom stereocenters. The number of benzene rings is 2. The maximum absolute atomic E-state index is 14.3. The molecule has 0 fully saturated rings. The highest BCUT2D eigenvalue weighted by atomic mass is 19.1. The van der Waals surface area contributed by atoms with Gasteiger partial charge in [0.15, 0.2) is 11.6 Å². The number of hydrogen-bond acceptors (Lipinski definition) is 6. The van der Waals surface area contributed by atoms with Gasteiger partial charge in [-0.15, -0.1) is 0 Å². The van der Waals surface area contributed by atoms with E-state index in [2.05, 4.69) is 79.8 Å². The molecular formula is C33H52FN5O3. The van der Waals surface area contributed by atoms with Gasteiger partial charge in [-0.3, -0.25) is 9.59 Å². The summed E-state index contributed by atoms with van der Waals surface area (Å²) in [4.78, 5) is 26.7. The van der Waals surface area contributed by atoms with Gasteiger partial charge in [-0.25, -0.2) is 4.39 Å². The number of carbonyl (C=O) groups is 2. The van der Waals surface area contributed by atoms with Crippen LogP contribution >= 0.6 is 0 Å². The van der Waals surface area contributed by atoms with E-state index in [4.69, 9.17) is 4.74 Å². The molecule has 0 saturated carbocycles. The van der Waals surface area contributed by atoms with Gasteiger partial charge >= 0.3 is 0 Å². The second kappa shape index (κ2) is 20.4. The SMILES string of the molecule is C=C1CN[C@@H](C)COc2c(F)cccc2CCCNC(=O)C(CN(C)C)NC(=O)CN1.CCC.Cc1cccc(C)c1. The predicted molar refractivity (Wildman–Crippen MR) is 170 cm³/mol. The number of aryl methyl sites for hydroxylation is 3. The highest BCUT2D eigenvalue weighted by Crippen LogP contribution is 2.24. The molecule has 0 radical (unpaired) electrons. The van der Waals surface area contributed by atoms with Crippen molar-refractivity contribution >= 4 is 11.8 Å². The maximum Gasteiger partial charge on any atom is 0.243 e. The fraction of sp³-hybridized carbons (Fsp3) is 0.515. The molecule has 234 valence electrons. The van der Waals surface area contributed by atoms with E-state index in [0.717, 1.165) is 5.56 Å². The number of nitrogens with one attached hydrogen (secondary N) is 4. The average Bonchev–Trinajstić information content (AvgIpc) is 2.92. The lowest BCUT2D eigenvalue weighted by Crippen LogP contribution is -2.53. The summed E-state index contributed by atoms with van der Waals surface area (Å²) in [5.74, 6) is -0.695. The summed E-state index contributed by atoms with van der Waals surface area (Å²) in [5.41, 5.74) is 4.06. The molecule has 4 N–H and O–H groups in total. The molecule has 3 rings (SSSR count). The number of carbonyl (C=O) groups excluding carboxylic acids is 2. The maximum atomic E-state index is 14.3. The third-order valence-corrected chi connectivity index (χ3v) is 5.98. The standard InChI is InChI=1S/C22H34FN5O3.C8H10.C3H8/c1-15-11-25-16(2)14-31-21-17(7-5-9-18(21)23)8-6-10-24-22(30)19(13-28(3)4)27-20(29)12-26-15;1-7-4-3-5-8(2)6-7;1-3-2/h5,7,9,16,19,25-26H,1,6,8,10-14H2,2-4H3,(H,24,30)(H,27,29);3-6H,1-2H3;3H2,1-2H3/t16-,19?;;/m0../s1. The van der Waals surface area contributed by atoms with Crippen molar-refractivity contribution < 1.29 is 18.7 Å². The Kier molecular flexibility index (Phi) is 17.8. The number of ether oxygens (including phenoxy) is 1. The first-order valence-corrected chi connectivity index (χ1v) is 14.8. The average molecular weight is 586 g/mol. The monoisotopic (exact) mass is 585 g/mol. The van der Waals surface area contributed by atoms with Crippen LogP contribution in [0.5, 0.6) is 5.75 Å². The molecule has 1 aliphatic rings. The molecule has 8 nitrogen and oxygen atoms in total. The molecule has 9 heteroatoms. The van der Waals surface area contributed by atoms with Crippen LogP contribution in [0.4, 0.5) is 4.39 Å². The van der Waals surface area contributed by atoms with Crippen molar-refractivity contribution in [1.82, 2.24) is 26.2 Å². The summed E-state index contributed by atoms with van der Waals surface area (Å²) in [6.45, 7) is 15.8. The normalized spacial score (nSPS) is 18.6. The Morgan fingerprint density at radius 2 is 1.67 bits per heavy atom. The molecule has 1 heterocycles. The molecule has 1 aliphatic heterocycles. The molecule has 0 bridgehead atoms. The number of amides is 2. The van der Waals surface area contributed by atoms with Crippen molar-refractivity contribution in [2.75, 3.05) is 46.9 Å². The van der Waals surface area contributed by atoms with Gasteiger partial charge in [-0.2, -0.15) is 0 Å². The van der Waals surface area contributed by atoms with Gasteiger partial charge in [0.1, 0.15) is 12.6 Å². The van der Waals surface area contributed by atoms with Crippen LogP contribution in [0, 0.1) is 19.7 Å². The topological polar surface area (TPSA) is 94.7 Å². The van der Waals surface area contributed by atoms with Crippen LogP contribution in [0.25, 0.3) is 0 Å². The predicted octanol–water partition coefficient (Wildman–Crippen LogP) is 4.11. The molecule has 2 aromatic rings. The van der Waals surface area contributed by atoms with Crippen LogP contribution in [-0.4, -0.2) is 75.7 Å². The van der Waals surface area contributed by atoms with Crippen LogP contribution in [-0.2, 0) is 16.0 Å². The van der Waals surface area contributed by atoms with E-state index in [1.165, 1.54) is 23.6 Å². The van der Waals surface area contributed by atoms with Crippen molar-refractivity contribution in [2.24, 2.45) is 0 Å². The van der Waals surface area contributed by atoms with Crippen molar-refractivity contribution in [1.29, 1.82) is 0 Å². The molecule has 0 saturated heterocycles. The third kappa shape index (κ3) is 15.5. The van der Waals surface area contributed by atoms with Gasteiger partial charge in [0.05, 0.1) is 6.54 Å². The van der Waals surface area contributed by atoms with Crippen LogP contribution in [0.2, 0.25) is 0 Å². The fourth-order valence-corrected chi connectivity index (χ4v) is 3.97. The van der Waals surface area contributed by atoms with Gasteiger partial charge < -0.3 is 30.9 Å². The van der Waals surface area contributed by atoms with Crippen molar-refractivity contribution in [3.8, 4) is 5.75 Å². The molecular weight excluding hydrogens is 533 g/mol. The first-order chi connectivity index (χ1) is 20.0. The van der Waals surface area contributed by atoms with Crippen LogP contribution in [0.15, 0.2) is 54.7 Å². The Morgan fingerprint density at radius 1 is 1.02 bits per heavy atom. The quantitative estimate of drug-likeness (QED) is 0.424. The second-order valence-electron chi connectivity index (χ2n) is 10.9. The lowest BCUT2D eigenvalue weighted by Gasteiger charge is -2.23. The van der Waals surface area contributed by atoms with Crippen LogP contribution < -0.4 is 26.0 Å². The Hall–Kier alpha value is -3.43. The summed E-state index contributed by atoms with van der Waals surface area (Å²) in [7, 11) is 3.67. The van der Waals surface area contributed by atoms with Gasteiger partial charge in [0.2, 0.25) is 11.8 Å². The Bertz CT molecular complexity index is 1090. The molecule has 2 atom stereocenters. The van der Waals surface area contributed by atoms with Crippen molar-refractivity contribution in [3.63, 3.8) is 0 Å². The number of hydrogen-bond donors (Lipinski definition) is 4. The third-order valence-electron chi connectivity index (χ3n) is 5.98. The summed E-state index contributed by atoms with van der Waals surface area (Å²) in [5, 5.41) is 11.8. The van der Waals surface area contributed by atoms with Gasteiger partial charge in [0.25, 0.3) is 0 Å². The van der Waals surface area contributed by atoms with E-state index in [0.29, 0.717) is 38.2 Å². The number of fused-ring (bicyclic) bond motifs is 1. The first-order valence-electron chi connectivity index (χ1n) is 14.8. The molecule has 0 spiro atoms. The number of para-hydroxylation sites is 1. The van der Waals surface area contributed by atoms with E-state index in [-0.39, 0.29) is 36.8 Å². The number of rotatable bonds is 2. The van der Waals surface area contributed by atoms with Gasteiger partial charge in [-0.05, 0) is 59.3 Å². The largest absolute Gasteiger partial charge is 0.489 e. The lowest BCUT2D eigenvalue weighted by molar-refractivity contribution is -0.128. The van der Waals surface area contributed by atoms with E-state index >= 15 is 0 Å². The number of likely N-dealkylation sites (N-methyl/N-ethyl adjacent to an activating group) is 1. The summed E-state index contributed by atoms with van der Waals surface area (Å²) >= 11 is 0. The smallest absolute Gasteiger partial charge is 0.243 e. The zero-order valence-electron chi connectivity index (χ0n) is 26.6. The fourth-order valence-electron chi connectivity index (χ4n) is 3.97. The molecule has 2 amide bonds. The number of halogens is 1. The Labute approximate surface area is 252 Å². The van der Waals surface area contributed by atoms with Crippen LogP contribution in [0.3, 0.4) is 0 Å². The minimum Gasteiger partial charge on any atom is -0.489 e. The molecule has 42 heavy (non-hydrogen) atoms. The number of nitrogens with zero attached hydrogens (tertiary/aromatic N) is 1. The van der Waals surface area contributed by atoms with E-state index < -0.39 is 11.9 Å². The van der Waals surface area contributed by atoms with E-state index in [1.807, 2.05) is 32.0 Å². The summed E-state index contributed by atoms with van der Waals surface area (Å²) in [6, 6.07) is 12.6. The van der Waals surface area contributed by atoms with Gasteiger partial charge in [0, 0.05) is 31.4 Å². The second-order valence-corrected chi connectivity index (χ2v) is 10.9. The molecule has 0 aromatic heterocycles. The van der Waals surface area contributed by atoms with E-state index in [1.54, 1.807) is 6.07 Å². The zero-order chi connectivity index (χ0) is 31.5. The zero-order valence-corrected chi connectivity index (χ0v) is 26.6. The lowest BCUT2D eigenvalue weighted by atomic mass is 10.1. The Morgan fingerprint density at radius 3 is 2.26 bits per heavy atom. The highest BCUT2D eigenvalue weighted by molar-refractivity contribution is 5.88. The van der Waals surface area contributed by atoms with Crippen molar-refractivity contribution in [3.05, 3.63) is 77.2 Å². The van der Waals surface area contributed by atoms with Crippen LogP contribution in [0.1, 0.15) is 50.3 Å². The molecule has 2 aromatic carbocycles.